The van der Waals surface area contributed by atoms with Gasteiger partial charge in [0.25, 0.3) is 0 Å². The van der Waals surface area contributed by atoms with E-state index in [0.29, 0.717) is 29.2 Å². The lowest BCUT2D eigenvalue weighted by Gasteiger charge is -2.60. The first-order valence-electron chi connectivity index (χ1n) is 14.8. The second kappa shape index (κ2) is 9.93. The van der Waals surface area contributed by atoms with E-state index in [0.717, 1.165) is 24.7 Å². The highest BCUT2D eigenvalue weighted by atomic mass is 16.7. The number of carbonyl (C=O) groups excluding carboxylic acids is 1. The second-order valence-electron chi connectivity index (χ2n) is 13.2. The molecule has 6 nitrogen and oxygen atoms in total. The van der Waals surface area contributed by atoms with E-state index < -0.39 is 24.5 Å². The van der Waals surface area contributed by atoms with Crippen molar-refractivity contribution >= 4 is 5.97 Å². The molecule has 5 aliphatic rings. The van der Waals surface area contributed by atoms with Crippen LogP contribution in [0.4, 0.5) is 0 Å². The number of esters is 1. The maximum absolute atomic E-state index is 12.8. The molecule has 0 radical (unpaired) electrons. The zero-order valence-corrected chi connectivity index (χ0v) is 22.5. The van der Waals surface area contributed by atoms with Gasteiger partial charge in [-0.2, -0.15) is 0 Å². The van der Waals surface area contributed by atoms with Crippen molar-refractivity contribution in [3.8, 4) is 0 Å². The lowest BCUT2D eigenvalue weighted by molar-refractivity contribution is -0.280. The van der Waals surface area contributed by atoms with E-state index in [-0.39, 0.29) is 17.7 Å². The molecule has 0 aromatic heterocycles. The molecule has 5 fully saturated rings. The predicted molar refractivity (Wildman–Crippen MR) is 141 cm³/mol. The molecule has 6 unspecified atom stereocenters. The van der Waals surface area contributed by atoms with E-state index in [1.54, 1.807) is 12.1 Å². The van der Waals surface area contributed by atoms with Gasteiger partial charge in [-0.05, 0) is 106 Å². The average Bonchev–Trinajstić information content (AvgIpc) is 3.22. The Morgan fingerprint density at radius 3 is 2.65 bits per heavy atom. The largest absolute Gasteiger partial charge is 0.453 e. The molecule has 6 rings (SSSR count). The third kappa shape index (κ3) is 4.56. The van der Waals surface area contributed by atoms with Gasteiger partial charge in [0.05, 0.1) is 23.9 Å². The summed E-state index contributed by atoms with van der Waals surface area (Å²) in [5.74, 6) is 2.46. The molecule has 0 spiro atoms. The SMILES string of the molecule is CC1OC(O[C@H]2CCC3[C@H](CCC4[C@@H]3CC[C@]3(C)CCC[C@]43N)C2)C(OC(=O)c2ccccc2)CC1O. The molecule has 11 atom stereocenters. The predicted octanol–water partition coefficient (Wildman–Crippen LogP) is 5.22. The first-order chi connectivity index (χ1) is 17.8. The van der Waals surface area contributed by atoms with Crippen LogP contribution in [0.5, 0.6) is 0 Å². The Bertz CT molecular complexity index is 972. The van der Waals surface area contributed by atoms with Gasteiger partial charge in [-0.1, -0.05) is 31.5 Å². The van der Waals surface area contributed by atoms with Gasteiger partial charge < -0.3 is 25.1 Å². The van der Waals surface area contributed by atoms with Gasteiger partial charge >= 0.3 is 5.97 Å². The number of nitrogens with two attached hydrogens (primary N) is 1. The fraction of sp³-hybridized carbons (Fsp3) is 0.774. The van der Waals surface area contributed by atoms with Gasteiger partial charge in [0.1, 0.15) is 0 Å². The number of ether oxygens (including phenoxy) is 3. The lowest BCUT2D eigenvalue weighted by atomic mass is 9.48. The monoisotopic (exact) mass is 511 g/mol. The average molecular weight is 512 g/mol. The van der Waals surface area contributed by atoms with Crippen LogP contribution in [0.3, 0.4) is 0 Å². The molecule has 204 valence electrons. The van der Waals surface area contributed by atoms with Crippen LogP contribution in [-0.2, 0) is 14.2 Å². The van der Waals surface area contributed by atoms with Gasteiger partial charge in [-0.15, -0.1) is 0 Å². The van der Waals surface area contributed by atoms with Crippen molar-refractivity contribution in [3.63, 3.8) is 0 Å². The number of rotatable bonds is 4. The summed E-state index contributed by atoms with van der Waals surface area (Å²) in [6.07, 6.45) is 10.3. The van der Waals surface area contributed by atoms with Crippen LogP contribution in [0.15, 0.2) is 30.3 Å². The van der Waals surface area contributed by atoms with Crippen molar-refractivity contribution < 1.29 is 24.1 Å². The van der Waals surface area contributed by atoms with Gasteiger partial charge in [0.15, 0.2) is 12.4 Å². The maximum atomic E-state index is 12.8. The topological polar surface area (TPSA) is 91.0 Å². The molecule has 1 saturated heterocycles. The molecule has 1 aliphatic heterocycles. The molecule has 6 heteroatoms. The van der Waals surface area contributed by atoms with E-state index in [4.69, 9.17) is 19.9 Å². The molecule has 3 N–H and O–H groups in total. The van der Waals surface area contributed by atoms with Crippen molar-refractivity contribution in [2.45, 2.75) is 121 Å². The molecule has 0 amide bonds. The Kier molecular flexibility index (Phi) is 6.92. The normalized spacial score (nSPS) is 47.4. The van der Waals surface area contributed by atoms with E-state index in [2.05, 4.69) is 6.92 Å². The van der Waals surface area contributed by atoms with Crippen molar-refractivity contribution in [2.24, 2.45) is 34.8 Å². The zero-order valence-electron chi connectivity index (χ0n) is 22.5. The number of hydrogen-bond acceptors (Lipinski definition) is 6. The molecular formula is C31H45NO5. The molecule has 1 heterocycles. The Hall–Kier alpha value is -1.47. The van der Waals surface area contributed by atoms with Crippen LogP contribution in [0.1, 0.15) is 94.8 Å². The standard InChI is InChI=1S/C31H45NO5/c1-19-26(33)18-27(37-28(34)20-7-4-3-5-8-20)29(35-19)36-22-10-11-23-21(17-22)9-12-25-24(23)13-16-30(2)14-6-15-31(25,30)32/h3-5,7-8,19,21-27,29,33H,6,9-18,32H2,1-2H3/t19?,21-,22+,23?,24-,25?,26?,27?,29?,30+,31+/m1/s1. The van der Waals surface area contributed by atoms with Crippen molar-refractivity contribution in [2.75, 3.05) is 0 Å². The number of fused-ring (bicyclic) bond motifs is 5. The quantitative estimate of drug-likeness (QED) is 0.426. The van der Waals surface area contributed by atoms with E-state index in [1.165, 1.54) is 51.4 Å². The second-order valence-corrected chi connectivity index (χ2v) is 13.2. The summed E-state index contributed by atoms with van der Waals surface area (Å²) in [5, 5.41) is 10.4. The summed E-state index contributed by atoms with van der Waals surface area (Å²) in [7, 11) is 0. The fourth-order valence-corrected chi connectivity index (χ4v) is 9.13. The Labute approximate surface area is 221 Å². The van der Waals surface area contributed by atoms with Crippen LogP contribution in [-0.4, -0.2) is 47.3 Å². The summed E-state index contributed by atoms with van der Waals surface area (Å²) >= 11 is 0. The third-order valence-corrected chi connectivity index (χ3v) is 11.3. The third-order valence-electron chi connectivity index (χ3n) is 11.3. The van der Waals surface area contributed by atoms with Crippen LogP contribution in [0.2, 0.25) is 0 Å². The Balaban J connectivity index is 1.11. The Morgan fingerprint density at radius 2 is 1.84 bits per heavy atom. The molecule has 4 saturated carbocycles. The number of aliphatic hydroxyl groups excluding tert-OH is 1. The van der Waals surface area contributed by atoms with Crippen LogP contribution in [0.25, 0.3) is 0 Å². The molecule has 1 aromatic rings. The Morgan fingerprint density at radius 1 is 1.03 bits per heavy atom. The van der Waals surface area contributed by atoms with Gasteiger partial charge in [0, 0.05) is 12.0 Å². The zero-order chi connectivity index (χ0) is 25.8. The summed E-state index contributed by atoms with van der Waals surface area (Å²) in [5.41, 5.74) is 8.12. The number of hydrogen-bond donors (Lipinski definition) is 2. The highest BCUT2D eigenvalue weighted by molar-refractivity contribution is 5.89. The molecule has 1 aromatic carbocycles. The van der Waals surface area contributed by atoms with E-state index in [9.17, 15) is 9.90 Å². The molecular weight excluding hydrogens is 466 g/mol. The number of benzene rings is 1. The minimum atomic E-state index is -0.685. The first-order valence-corrected chi connectivity index (χ1v) is 14.8. The summed E-state index contributed by atoms with van der Waals surface area (Å²) in [6.45, 7) is 4.33. The first kappa shape index (κ1) is 25.8. The fourth-order valence-electron chi connectivity index (χ4n) is 9.13. The van der Waals surface area contributed by atoms with Gasteiger partial charge in [-0.25, -0.2) is 4.79 Å². The van der Waals surface area contributed by atoms with E-state index in [1.807, 2.05) is 25.1 Å². The van der Waals surface area contributed by atoms with Crippen LogP contribution < -0.4 is 5.73 Å². The summed E-state index contributed by atoms with van der Waals surface area (Å²) < 4.78 is 18.5. The smallest absolute Gasteiger partial charge is 0.338 e. The van der Waals surface area contributed by atoms with Crippen molar-refractivity contribution in [1.29, 1.82) is 0 Å². The summed E-state index contributed by atoms with van der Waals surface area (Å²) in [4.78, 5) is 12.8. The maximum Gasteiger partial charge on any atom is 0.338 e. The highest BCUT2D eigenvalue weighted by Crippen LogP contribution is 2.63. The minimum absolute atomic E-state index is 0.0387. The van der Waals surface area contributed by atoms with E-state index >= 15 is 0 Å². The lowest BCUT2D eigenvalue weighted by Crippen LogP contribution is -2.63. The molecule has 4 aliphatic carbocycles. The van der Waals surface area contributed by atoms with Crippen LogP contribution in [0, 0.1) is 29.1 Å². The molecule has 37 heavy (non-hydrogen) atoms. The number of carbonyl (C=O) groups is 1. The van der Waals surface area contributed by atoms with Crippen molar-refractivity contribution in [1.82, 2.24) is 0 Å². The van der Waals surface area contributed by atoms with Gasteiger partial charge in [-0.3, -0.25) is 0 Å². The van der Waals surface area contributed by atoms with Crippen molar-refractivity contribution in [3.05, 3.63) is 35.9 Å². The van der Waals surface area contributed by atoms with Gasteiger partial charge in [0.2, 0.25) is 0 Å². The highest BCUT2D eigenvalue weighted by Gasteiger charge is 2.60. The number of aliphatic hydroxyl groups is 1. The molecule has 0 bridgehead atoms. The minimum Gasteiger partial charge on any atom is -0.453 e. The van der Waals surface area contributed by atoms with Crippen LogP contribution >= 0.6 is 0 Å². The summed E-state index contributed by atoms with van der Waals surface area (Å²) in [6, 6.07) is 8.98.